The summed E-state index contributed by atoms with van der Waals surface area (Å²) in [5.41, 5.74) is 1.76. The quantitative estimate of drug-likeness (QED) is 0.0128. The molecule has 2 aliphatic rings. The predicted octanol–water partition coefficient (Wildman–Crippen LogP) is 9.37. The second-order valence-electron chi connectivity index (χ2n) is 18.7. The fraction of sp³-hybridized carbons (Fsp3) is 0.393. The van der Waals surface area contributed by atoms with E-state index in [-0.39, 0.29) is 49.9 Å². The number of thiazole rings is 1. The van der Waals surface area contributed by atoms with Gasteiger partial charge in [-0.05, 0) is 149 Å². The Morgan fingerprint density at radius 3 is 1.26 bits per heavy atom. The van der Waals surface area contributed by atoms with E-state index in [2.05, 4.69) is 30.6 Å². The van der Waals surface area contributed by atoms with Gasteiger partial charge in [0.2, 0.25) is 0 Å². The number of aliphatic imine (C=N–C) groups is 1. The van der Waals surface area contributed by atoms with Crippen LogP contribution in [0.4, 0.5) is 5.69 Å². The summed E-state index contributed by atoms with van der Waals surface area (Å²) in [5.74, 6) is 0.451. The van der Waals surface area contributed by atoms with Crippen molar-refractivity contribution in [1.82, 2.24) is 4.98 Å². The van der Waals surface area contributed by atoms with Crippen LogP contribution in [0.1, 0.15) is 51.4 Å². The van der Waals surface area contributed by atoms with Gasteiger partial charge in [0.1, 0.15) is 64.6 Å². The lowest BCUT2D eigenvalue weighted by molar-refractivity contribution is -0.145. The van der Waals surface area contributed by atoms with Crippen LogP contribution in [0.25, 0.3) is 20.8 Å². The van der Waals surface area contributed by atoms with Gasteiger partial charge >= 0.3 is 35.8 Å². The minimum absolute atomic E-state index is 0.137. The number of rotatable bonds is 32. The number of hydrogen-bond donors (Lipinski definition) is 0. The highest BCUT2D eigenvalue weighted by atomic mass is 32.1. The summed E-state index contributed by atoms with van der Waals surface area (Å²) >= 11 is 1.28. The van der Waals surface area contributed by atoms with E-state index in [0.717, 1.165) is 17.7 Å². The molecule has 82 heavy (non-hydrogen) atoms. The molecule has 0 atom stereocenters. The van der Waals surface area contributed by atoms with Gasteiger partial charge in [0.15, 0.2) is 11.5 Å². The fourth-order valence-corrected chi connectivity index (χ4v) is 9.77. The maximum absolute atomic E-state index is 13.8. The number of hydrogen-bond acceptors (Lipinski definition) is 21. The topological polar surface area (TPSA) is 238 Å². The standard InChI is InChI=1S/C61H66N2O18S/c1-4-53(64)76-39-35-72-31-29-70-33-37-74-47-19-23-49(24-20-47)78-58(66)42-7-11-44(12-8-42)60(68)80-51-27-28-52(56-55(51)63-57(82-56)41-15-17-46(18-16-41)62-6-3)81-61(69)45-13-9-43(10-14-45)59(67)79-50-25-21-48(22-26-50)75-38-34-71-30-32-73-36-40-77-54(65)5-2/h4-5,15-28,42-45H,1-3,7-14,29-40H2. The monoisotopic (exact) mass is 1150 g/mol. The molecule has 0 aliphatic heterocycles. The van der Waals surface area contributed by atoms with Crippen LogP contribution in [0.15, 0.2) is 122 Å². The zero-order chi connectivity index (χ0) is 57.9. The second kappa shape index (κ2) is 33.0. The maximum atomic E-state index is 13.8. The van der Waals surface area contributed by atoms with Gasteiger partial charge in [-0.2, -0.15) is 0 Å². The molecule has 4 aromatic carbocycles. The lowest BCUT2D eigenvalue weighted by Gasteiger charge is -2.26. The van der Waals surface area contributed by atoms with Crippen molar-refractivity contribution in [3.05, 3.63) is 117 Å². The number of nitrogens with zero attached hydrogens (tertiary/aromatic N) is 2. The molecule has 434 valence electrons. The van der Waals surface area contributed by atoms with Crippen molar-refractivity contribution in [2.24, 2.45) is 28.7 Å². The molecular weight excluding hydrogens is 1080 g/mol. The summed E-state index contributed by atoms with van der Waals surface area (Å²) in [6, 6.07) is 23.9. The van der Waals surface area contributed by atoms with E-state index >= 15 is 0 Å². The van der Waals surface area contributed by atoms with Crippen molar-refractivity contribution in [2.75, 3.05) is 79.3 Å². The molecule has 7 rings (SSSR count). The molecule has 2 aliphatic carbocycles. The normalized spacial score (nSPS) is 16.6. The molecule has 0 bridgehead atoms. The summed E-state index contributed by atoms with van der Waals surface area (Å²) < 4.78 is 66.8. The van der Waals surface area contributed by atoms with Gasteiger partial charge in [-0.15, -0.1) is 11.3 Å². The van der Waals surface area contributed by atoms with Crippen molar-refractivity contribution >= 4 is 68.9 Å². The van der Waals surface area contributed by atoms with Crippen molar-refractivity contribution < 1.29 is 85.6 Å². The molecule has 0 unspecified atom stereocenters. The lowest BCUT2D eigenvalue weighted by atomic mass is 9.82. The highest BCUT2D eigenvalue weighted by Crippen LogP contribution is 2.43. The maximum Gasteiger partial charge on any atom is 0.330 e. The van der Waals surface area contributed by atoms with Gasteiger partial charge in [0, 0.05) is 17.7 Å². The van der Waals surface area contributed by atoms with Gasteiger partial charge in [-0.3, -0.25) is 19.2 Å². The summed E-state index contributed by atoms with van der Waals surface area (Å²) in [6.07, 6.45) is 5.54. The Morgan fingerprint density at radius 1 is 0.476 bits per heavy atom. The minimum Gasteiger partial charge on any atom is -0.491 e. The highest BCUT2D eigenvalue weighted by molar-refractivity contribution is 7.22. The average molecular weight is 1150 g/mol. The molecule has 2 fully saturated rings. The van der Waals surface area contributed by atoms with Crippen molar-refractivity contribution in [3.8, 4) is 45.1 Å². The van der Waals surface area contributed by atoms with Crippen LogP contribution in [0.5, 0.6) is 34.5 Å². The van der Waals surface area contributed by atoms with E-state index < -0.39 is 47.5 Å². The average Bonchev–Trinajstić information content (AvgIpc) is 3.99. The molecule has 1 heterocycles. The number of aromatic nitrogens is 1. The number of fused-ring (bicyclic) bond motifs is 1. The molecule has 0 amide bonds. The largest absolute Gasteiger partial charge is 0.491 e. The van der Waals surface area contributed by atoms with E-state index in [9.17, 15) is 28.8 Å². The van der Waals surface area contributed by atoms with Gasteiger partial charge < -0.3 is 56.8 Å². The Morgan fingerprint density at radius 2 is 0.841 bits per heavy atom. The van der Waals surface area contributed by atoms with Crippen LogP contribution in [0.2, 0.25) is 0 Å². The van der Waals surface area contributed by atoms with E-state index in [4.69, 9.17) is 61.8 Å². The molecule has 2 saturated carbocycles. The van der Waals surface area contributed by atoms with Crippen LogP contribution in [0, 0.1) is 23.7 Å². The van der Waals surface area contributed by atoms with Crippen molar-refractivity contribution in [1.29, 1.82) is 0 Å². The van der Waals surface area contributed by atoms with Gasteiger partial charge in [0.05, 0.1) is 82.2 Å². The summed E-state index contributed by atoms with van der Waals surface area (Å²) in [7, 11) is 0. The first-order valence-electron chi connectivity index (χ1n) is 27.0. The van der Waals surface area contributed by atoms with E-state index in [0.29, 0.717) is 148 Å². The molecule has 1 aromatic heterocycles. The number of carbonyl (C=O) groups is 6. The minimum atomic E-state index is -0.502. The molecule has 0 saturated heterocycles. The molecule has 0 N–H and O–H groups in total. The van der Waals surface area contributed by atoms with E-state index in [1.165, 1.54) is 11.3 Å². The third kappa shape index (κ3) is 19.6. The third-order valence-corrected chi connectivity index (χ3v) is 14.2. The smallest absolute Gasteiger partial charge is 0.330 e. The zero-order valence-corrected chi connectivity index (χ0v) is 46.3. The molecule has 0 radical (unpaired) electrons. The number of esters is 6. The van der Waals surface area contributed by atoms with Crippen LogP contribution in [-0.4, -0.2) is 126 Å². The number of ether oxygens (including phenoxy) is 12. The van der Waals surface area contributed by atoms with E-state index in [1.54, 1.807) is 72.8 Å². The first kappa shape index (κ1) is 61.6. The van der Waals surface area contributed by atoms with Crippen LogP contribution in [0.3, 0.4) is 0 Å². The summed E-state index contributed by atoms with van der Waals surface area (Å²) in [5, 5.41) is 0.589. The van der Waals surface area contributed by atoms with Gasteiger partial charge in [-0.1, -0.05) is 13.2 Å². The molecule has 20 nitrogen and oxygen atoms in total. The molecule has 0 spiro atoms. The van der Waals surface area contributed by atoms with Crippen LogP contribution >= 0.6 is 11.3 Å². The van der Waals surface area contributed by atoms with Gasteiger partial charge in [0.25, 0.3) is 0 Å². The molecular formula is C61H66N2O18S. The van der Waals surface area contributed by atoms with E-state index in [1.807, 2.05) is 12.1 Å². The number of benzene rings is 4. The van der Waals surface area contributed by atoms with Gasteiger partial charge in [-0.25, -0.2) is 19.6 Å². The Hall–Kier alpha value is -8.04. The second-order valence-corrected chi connectivity index (χ2v) is 19.7. The Labute approximate surface area is 478 Å². The first-order chi connectivity index (χ1) is 40.0. The summed E-state index contributed by atoms with van der Waals surface area (Å²) in [6.45, 7) is 13.6. The Kier molecular flexibility index (Phi) is 24.8. The lowest BCUT2D eigenvalue weighted by Crippen LogP contribution is -2.30. The summed E-state index contributed by atoms with van der Waals surface area (Å²) in [4.78, 5) is 85.1. The predicted molar refractivity (Wildman–Crippen MR) is 301 cm³/mol. The van der Waals surface area contributed by atoms with Crippen molar-refractivity contribution in [3.63, 3.8) is 0 Å². The molecule has 21 heteroatoms. The Bertz CT molecular complexity index is 2810. The highest BCUT2D eigenvalue weighted by Gasteiger charge is 2.35. The number of carbonyl (C=O) groups excluding carboxylic acids is 6. The van der Waals surface area contributed by atoms with Crippen LogP contribution in [-0.2, 0) is 57.2 Å². The SMILES string of the molecule is C=C=Nc1ccc(-c2nc3c(OC(=O)C4CCC(C(=O)Oc5ccc(OCCOCCOCCOC(=O)C=C)cc5)CC4)ccc(OC(=O)C4CCC(C(=O)Oc5ccc(OCCOCCOCCOC(=O)C=C)cc5)CC4)c3s2)cc1. The molecule has 5 aromatic rings. The van der Waals surface area contributed by atoms with Crippen molar-refractivity contribution in [2.45, 2.75) is 51.4 Å². The van der Waals surface area contributed by atoms with Crippen LogP contribution < -0.4 is 28.4 Å². The zero-order valence-electron chi connectivity index (χ0n) is 45.5. The fourth-order valence-electron chi connectivity index (χ4n) is 8.74. The first-order valence-corrected chi connectivity index (χ1v) is 27.8. The third-order valence-electron chi connectivity index (χ3n) is 13.1. The Balaban J connectivity index is 0.849.